The highest BCUT2D eigenvalue weighted by molar-refractivity contribution is 5.98. The monoisotopic (exact) mass is 338 g/mol. The Kier molecular flexibility index (Phi) is 5.14. The number of hydrogen-bond donors (Lipinski definition) is 2. The summed E-state index contributed by atoms with van der Waals surface area (Å²) in [7, 11) is 0. The van der Waals surface area contributed by atoms with E-state index >= 15 is 0 Å². The van der Waals surface area contributed by atoms with E-state index in [-0.39, 0.29) is 17.9 Å². The van der Waals surface area contributed by atoms with Crippen molar-refractivity contribution in [1.82, 2.24) is 4.90 Å². The summed E-state index contributed by atoms with van der Waals surface area (Å²) in [5.41, 5.74) is 2.77. The molecule has 1 heterocycles. The van der Waals surface area contributed by atoms with Crippen LogP contribution in [-0.2, 0) is 9.59 Å². The van der Waals surface area contributed by atoms with Crippen molar-refractivity contribution in [2.75, 3.05) is 18.4 Å². The first-order valence-corrected chi connectivity index (χ1v) is 8.48. The van der Waals surface area contributed by atoms with Crippen molar-refractivity contribution >= 4 is 17.6 Å². The SMILES string of the molecule is CC(C(=O)Nc1ccccc1-c1ccccc1)N1CCC(C(=O)O)C1. The number of amides is 1. The Balaban J connectivity index is 1.73. The average Bonchev–Trinajstić information content (AvgIpc) is 3.12. The van der Waals surface area contributed by atoms with Gasteiger partial charge in [0.15, 0.2) is 0 Å². The molecule has 5 heteroatoms. The number of anilines is 1. The van der Waals surface area contributed by atoms with Gasteiger partial charge in [-0.2, -0.15) is 0 Å². The number of nitrogens with zero attached hydrogens (tertiary/aromatic N) is 1. The van der Waals surface area contributed by atoms with E-state index in [1.807, 2.05) is 66.4 Å². The van der Waals surface area contributed by atoms with Gasteiger partial charge in [-0.15, -0.1) is 0 Å². The minimum atomic E-state index is -0.787. The topological polar surface area (TPSA) is 69.6 Å². The quantitative estimate of drug-likeness (QED) is 0.879. The third-order valence-electron chi connectivity index (χ3n) is 4.77. The summed E-state index contributed by atoms with van der Waals surface area (Å²) in [6.07, 6.45) is 0.591. The van der Waals surface area contributed by atoms with E-state index < -0.39 is 5.97 Å². The number of para-hydroxylation sites is 1. The molecule has 2 atom stereocenters. The molecule has 0 aromatic heterocycles. The lowest BCUT2D eigenvalue weighted by Crippen LogP contribution is -2.41. The van der Waals surface area contributed by atoms with Crippen LogP contribution in [0.4, 0.5) is 5.69 Å². The van der Waals surface area contributed by atoms with Gasteiger partial charge >= 0.3 is 5.97 Å². The molecule has 2 aromatic carbocycles. The second kappa shape index (κ2) is 7.49. The van der Waals surface area contributed by atoms with Crippen molar-refractivity contribution in [1.29, 1.82) is 0 Å². The maximum atomic E-state index is 12.7. The van der Waals surface area contributed by atoms with E-state index in [9.17, 15) is 9.59 Å². The molecule has 2 N–H and O–H groups in total. The number of nitrogens with one attached hydrogen (secondary N) is 1. The number of carbonyl (C=O) groups excluding carboxylic acids is 1. The highest BCUT2D eigenvalue weighted by Crippen LogP contribution is 2.28. The van der Waals surface area contributed by atoms with E-state index in [0.29, 0.717) is 19.5 Å². The molecule has 5 nitrogen and oxygen atoms in total. The second-order valence-corrected chi connectivity index (χ2v) is 6.40. The van der Waals surface area contributed by atoms with E-state index in [2.05, 4.69) is 5.32 Å². The van der Waals surface area contributed by atoms with Crippen LogP contribution in [0.1, 0.15) is 13.3 Å². The third kappa shape index (κ3) is 3.88. The predicted octanol–water partition coefficient (Wildman–Crippen LogP) is 3.09. The molecule has 2 unspecified atom stereocenters. The van der Waals surface area contributed by atoms with E-state index in [0.717, 1.165) is 16.8 Å². The van der Waals surface area contributed by atoms with Gasteiger partial charge in [-0.3, -0.25) is 14.5 Å². The second-order valence-electron chi connectivity index (χ2n) is 6.40. The molecule has 0 bridgehead atoms. The van der Waals surface area contributed by atoms with E-state index in [1.54, 1.807) is 0 Å². The molecule has 25 heavy (non-hydrogen) atoms. The van der Waals surface area contributed by atoms with Crippen LogP contribution in [0.3, 0.4) is 0 Å². The van der Waals surface area contributed by atoms with Crippen LogP contribution in [0.25, 0.3) is 11.1 Å². The molecule has 2 aromatic rings. The average molecular weight is 338 g/mol. The van der Waals surface area contributed by atoms with Crippen molar-refractivity contribution in [3.05, 3.63) is 54.6 Å². The molecule has 3 rings (SSSR count). The minimum Gasteiger partial charge on any atom is -0.481 e. The van der Waals surface area contributed by atoms with Gasteiger partial charge in [0.05, 0.1) is 12.0 Å². The van der Waals surface area contributed by atoms with Crippen molar-refractivity contribution < 1.29 is 14.7 Å². The zero-order chi connectivity index (χ0) is 17.8. The summed E-state index contributed by atoms with van der Waals surface area (Å²) in [5, 5.41) is 12.1. The normalized spacial score (nSPS) is 18.7. The Morgan fingerprint density at radius 3 is 2.48 bits per heavy atom. The standard InChI is InChI=1S/C20H22N2O3/c1-14(22-12-11-16(13-22)20(24)25)19(23)21-18-10-6-5-9-17(18)15-7-3-2-4-8-15/h2-10,14,16H,11-13H2,1H3,(H,21,23)(H,24,25). The van der Waals surface area contributed by atoms with Gasteiger partial charge in [0.1, 0.15) is 0 Å². The van der Waals surface area contributed by atoms with E-state index in [4.69, 9.17) is 5.11 Å². The van der Waals surface area contributed by atoms with Crippen LogP contribution >= 0.6 is 0 Å². The van der Waals surface area contributed by atoms with Gasteiger partial charge in [-0.1, -0.05) is 48.5 Å². The van der Waals surface area contributed by atoms with Gasteiger partial charge in [0.2, 0.25) is 5.91 Å². The van der Waals surface area contributed by atoms with Crippen LogP contribution < -0.4 is 5.32 Å². The first kappa shape index (κ1) is 17.2. The number of carbonyl (C=O) groups is 2. The molecule has 0 spiro atoms. The Labute approximate surface area is 147 Å². The minimum absolute atomic E-state index is 0.116. The molecule has 1 saturated heterocycles. The first-order valence-electron chi connectivity index (χ1n) is 8.48. The fraction of sp³-hybridized carbons (Fsp3) is 0.300. The van der Waals surface area contributed by atoms with Crippen LogP contribution in [-0.4, -0.2) is 41.0 Å². The number of likely N-dealkylation sites (tertiary alicyclic amines) is 1. The molecule has 1 aliphatic rings. The van der Waals surface area contributed by atoms with Gasteiger partial charge in [0.25, 0.3) is 0 Å². The highest BCUT2D eigenvalue weighted by atomic mass is 16.4. The Hall–Kier alpha value is -2.66. The van der Waals surface area contributed by atoms with Crippen LogP contribution in [0, 0.1) is 5.92 Å². The summed E-state index contributed by atoms with van der Waals surface area (Å²) in [6, 6.07) is 17.2. The molecular weight excluding hydrogens is 316 g/mol. The summed E-state index contributed by atoms with van der Waals surface area (Å²) in [5.74, 6) is -1.29. The number of benzene rings is 2. The largest absolute Gasteiger partial charge is 0.481 e. The van der Waals surface area contributed by atoms with Crippen molar-refractivity contribution in [3.8, 4) is 11.1 Å². The predicted molar refractivity (Wildman–Crippen MR) is 97.3 cm³/mol. The molecule has 1 fully saturated rings. The van der Waals surface area contributed by atoms with Crippen molar-refractivity contribution in [2.24, 2.45) is 5.92 Å². The van der Waals surface area contributed by atoms with Gasteiger partial charge < -0.3 is 10.4 Å². The fourth-order valence-electron chi connectivity index (χ4n) is 3.21. The number of aliphatic carboxylic acids is 1. The summed E-state index contributed by atoms with van der Waals surface area (Å²) < 4.78 is 0. The maximum Gasteiger partial charge on any atom is 0.307 e. The van der Waals surface area contributed by atoms with Crippen LogP contribution in [0.2, 0.25) is 0 Å². The molecule has 0 saturated carbocycles. The molecule has 1 aliphatic heterocycles. The first-order chi connectivity index (χ1) is 12.1. The summed E-state index contributed by atoms with van der Waals surface area (Å²) in [4.78, 5) is 25.7. The Bertz CT molecular complexity index is 761. The lowest BCUT2D eigenvalue weighted by atomic mass is 10.0. The Morgan fingerprint density at radius 2 is 1.80 bits per heavy atom. The summed E-state index contributed by atoms with van der Waals surface area (Å²) in [6.45, 7) is 2.88. The lowest BCUT2D eigenvalue weighted by Gasteiger charge is -2.23. The third-order valence-corrected chi connectivity index (χ3v) is 4.77. The van der Waals surface area contributed by atoms with Gasteiger partial charge in [0, 0.05) is 17.8 Å². The van der Waals surface area contributed by atoms with Gasteiger partial charge in [-0.25, -0.2) is 0 Å². The molecule has 1 amide bonds. The molecule has 130 valence electrons. The number of carboxylic acid groups (broad SMARTS) is 1. The maximum absolute atomic E-state index is 12.7. The lowest BCUT2D eigenvalue weighted by molar-refractivity contribution is -0.141. The van der Waals surface area contributed by atoms with Gasteiger partial charge in [-0.05, 0) is 31.5 Å². The zero-order valence-electron chi connectivity index (χ0n) is 14.2. The van der Waals surface area contributed by atoms with Crippen LogP contribution in [0.5, 0.6) is 0 Å². The summed E-state index contributed by atoms with van der Waals surface area (Å²) >= 11 is 0. The fourth-order valence-corrected chi connectivity index (χ4v) is 3.21. The number of hydrogen-bond acceptors (Lipinski definition) is 3. The zero-order valence-corrected chi connectivity index (χ0v) is 14.2. The number of carboxylic acids is 1. The van der Waals surface area contributed by atoms with Crippen LogP contribution in [0.15, 0.2) is 54.6 Å². The molecule has 0 radical (unpaired) electrons. The Morgan fingerprint density at radius 1 is 1.12 bits per heavy atom. The highest BCUT2D eigenvalue weighted by Gasteiger charge is 2.33. The van der Waals surface area contributed by atoms with Crippen molar-refractivity contribution in [2.45, 2.75) is 19.4 Å². The van der Waals surface area contributed by atoms with Crippen molar-refractivity contribution in [3.63, 3.8) is 0 Å². The van der Waals surface area contributed by atoms with E-state index in [1.165, 1.54) is 0 Å². The number of rotatable bonds is 5. The molecular formula is C20H22N2O3. The molecule has 0 aliphatic carbocycles. The smallest absolute Gasteiger partial charge is 0.307 e.